The number of methoxy groups -OCH3 is 1. The van der Waals surface area contributed by atoms with Crippen LogP contribution >= 0.6 is 12.2 Å². The Morgan fingerprint density at radius 2 is 2.00 bits per heavy atom. The molecule has 0 saturated carbocycles. The van der Waals surface area contributed by atoms with E-state index in [1.54, 1.807) is 13.3 Å². The number of hydrogen-bond donors (Lipinski definition) is 2. The molecule has 0 aliphatic rings. The second-order valence-corrected chi connectivity index (χ2v) is 4.88. The summed E-state index contributed by atoms with van der Waals surface area (Å²) in [6.07, 6.45) is 1.69. The number of aryl methyl sites for hydroxylation is 1. The highest BCUT2D eigenvalue weighted by atomic mass is 32.1. The van der Waals surface area contributed by atoms with Crippen molar-refractivity contribution in [3.63, 3.8) is 0 Å². The van der Waals surface area contributed by atoms with Crippen LogP contribution in [0, 0.1) is 6.92 Å². The lowest BCUT2D eigenvalue weighted by molar-refractivity contribution is 0.415. The Morgan fingerprint density at radius 3 is 2.76 bits per heavy atom. The van der Waals surface area contributed by atoms with Crippen LogP contribution in [0.15, 0.2) is 53.6 Å². The lowest BCUT2D eigenvalue weighted by atomic mass is 10.2. The molecule has 4 nitrogen and oxygen atoms in total. The molecule has 0 saturated heterocycles. The number of ether oxygens (including phenoxy) is 1. The molecule has 21 heavy (non-hydrogen) atoms. The Bertz CT molecular complexity index is 655. The maximum atomic E-state index is 5.18. The molecule has 2 aromatic carbocycles. The Hall–Kier alpha value is -2.40. The highest BCUT2D eigenvalue weighted by Gasteiger charge is 1.96. The topological polar surface area (TPSA) is 45.6 Å². The highest BCUT2D eigenvalue weighted by Crippen LogP contribution is 2.11. The van der Waals surface area contributed by atoms with E-state index in [1.807, 2.05) is 55.5 Å². The third-order valence-electron chi connectivity index (χ3n) is 2.75. The minimum absolute atomic E-state index is 0.444. The van der Waals surface area contributed by atoms with Gasteiger partial charge in [-0.3, -0.25) is 5.43 Å². The van der Waals surface area contributed by atoms with Gasteiger partial charge in [0.2, 0.25) is 0 Å². The summed E-state index contributed by atoms with van der Waals surface area (Å²) in [4.78, 5) is 0. The molecular formula is C16H17N3OS. The molecular weight excluding hydrogens is 282 g/mol. The molecule has 0 heterocycles. The summed E-state index contributed by atoms with van der Waals surface area (Å²) in [6.45, 7) is 2.03. The van der Waals surface area contributed by atoms with Gasteiger partial charge in [0.05, 0.1) is 13.3 Å². The number of rotatable bonds is 4. The lowest BCUT2D eigenvalue weighted by Gasteiger charge is -2.07. The zero-order chi connectivity index (χ0) is 15.1. The van der Waals surface area contributed by atoms with Crippen molar-refractivity contribution in [3.05, 3.63) is 59.7 Å². The third kappa shape index (κ3) is 4.89. The number of thiocarbonyl (C=S) groups is 1. The molecule has 108 valence electrons. The second-order valence-electron chi connectivity index (χ2n) is 4.47. The molecule has 0 aromatic heterocycles. The maximum absolute atomic E-state index is 5.18. The SMILES string of the molecule is COc1cccc(/C=N/NC(=S)Nc2cccc(C)c2)c1. The van der Waals surface area contributed by atoms with Gasteiger partial charge < -0.3 is 10.1 Å². The number of nitrogens with zero attached hydrogens (tertiary/aromatic N) is 1. The van der Waals surface area contributed by atoms with Gasteiger partial charge in [0.1, 0.15) is 5.75 Å². The van der Waals surface area contributed by atoms with Crippen LogP contribution in [0.2, 0.25) is 0 Å². The van der Waals surface area contributed by atoms with Crippen LogP contribution in [0.5, 0.6) is 5.75 Å². The first-order chi connectivity index (χ1) is 10.2. The third-order valence-corrected chi connectivity index (χ3v) is 2.94. The number of hydrazone groups is 1. The quantitative estimate of drug-likeness (QED) is 0.516. The molecule has 0 radical (unpaired) electrons. The summed E-state index contributed by atoms with van der Waals surface area (Å²) in [5.74, 6) is 0.791. The maximum Gasteiger partial charge on any atom is 0.191 e. The molecule has 0 unspecified atom stereocenters. The van der Waals surface area contributed by atoms with Gasteiger partial charge in [-0.2, -0.15) is 5.10 Å². The van der Waals surface area contributed by atoms with E-state index in [4.69, 9.17) is 17.0 Å². The van der Waals surface area contributed by atoms with Crippen LogP contribution in [0.4, 0.5) is 5.69 Å². The molecule has 0 atom stereocenters. The number of nitrogens with one attached hydrogen (secondary N) is 2. The molecule has 0 aliphatic heterocycles. The van der Waals surface area contributed by atoms with Crippen molar-refractivity contribution in [2.24, 2.45) is 5.10 Å². The van der Waals surface area contributed by atoms with Crippen molar-refractivity contribution in [2.45, 2.75) is 6.92 Å². The van der Waals surface area contributed by atoms with Gasteiger partial charge in [0.15, 0.2) is 5.11 Å². The molecule has 0 fully saturated rings. The van der Waals surface area contributed by atoms with E-state index in [0.717, 1.165) is 17.0 Å². The van der Waals surface area contributed by atoms with Crippen molar-refractivity contribution in [2.75, 3.05) is 12.4 Å². The summed E-state index contributed by atoms with van der Waals surface area (Å²) in [6, 6.07) is 15.6. The first-order valence-corrected chi connectivity index (χ1v) is 6.89. The summed E-state index contributed by atoms with van der Waals surface area (Å²) < 4.78 is 5.15. The fourth-order valence-corrected chi connectivity index (χ4v) is 1.94. The van der Waals surface area contributed by atoms with Gasteiger partial charge in [0.25, 0.3) is 0 Å². The van der Waals surface area contributed by atoms with Crippen LogP contribution in [-0.4, -0.2) is 18.4 Å². The Kier molecular flexibility index (Phi) is 5.29. The van der Waals surface area contributed by atoms with Gasteiger partial charge in [-0.15, -0.1) is 0 Å². The largest absolute Gasteiger partial charge is 0.497 e. The van der Waals surface area contributed by atoms with Crippen LogP contribution in [-0.2, 0) is 0 Å². The van der Waals surface area contributed by atoms with Crippen LogP contribution in [0.1, 0.15) is 11.1 Å². The first-order valence-electron chi connectivity index (χ1n) is 6.48. The van der Waals surface area contributed by atoms with E-state index in [-0.39, 0.29) is 0 Å². The Labute approximate surface area is 129 Å². The van der Waals surface area contributed by atoms with Gasteiger partial charge in [-0.25, -0.2) is 0 Å². The average Bonchev–Trinajstić information content (AvgIpc) is 2.47. The molecule has 0 amide bonds. The lowest BCUT2D eigenvalue weighted by Crippen LogP contribution is -2.23. The van der Waals surface area contributed by atoms with Crippen molar-refractivity contribution >= 4 is 29.2 Å². The van der Waals surface area contributed by atoms with Crippen molar-refractivity contribution in [1.29, 1.82) is 0 Å². The summed E-state index contributed by atoms with van der Waals surface area (Å²) in [5.41, 5.74) is 5.82. The van der Waals surface area contributed by atoms with Crippen molar-refractivity contribution in [1.82, 2.24) is 5.43 Å². The smallest absolute Gasteiger partial charge is 0.191 e. The zero-order valence-electron chi connectivity index (χ0n) is 12.0. The van der Waals surface area contributed by atoms with E-state index in [2.05, 4.69) is 15.8 Å². The predicted molar refractivity (Wildman–Crippen MR) is 91.1 cm³/mol. The highest BCUT2D eigenvalue weighted by molar-refractivity contribution is 7.80. The first kappa shape index (κ1) is 15.0. The van der Waals surface area contributed by atoms with Crippen LogP contribution in [0.3, 0.4) is 0 Å². The van der Waals surface area contributed by atoms with Gasteiger partial charge in [-0.05, 0) is 54.5 Å². The minimum atomic E-state index is 0.444. The molecule has 2 aromatic rings. The number of anilines is 1. The van der Waals surface area contributed by atoms with E-state index < -0.39 is 0 Å². The summed E-state index contributed by atoms with van der Waals surface area (Å²) in [5, 5.41) is 7.62. The van der Waals surface area contributed by atoms with Crippen molar-refractivity contribution in [3.8, 4) is 5.75 Å². The zero-order valence-corrected chi connectivity index (χ0v) is 12.8. The van der Waals surface area contributed by atoms with Crippen LogP contribution in [0.25, 0.3) is 0 Å². The molecule has 0 bridgehead atoms. The van der Waals surface area contributed by atoms with E-state index in [9.17, 15) is 0 Å². The van der Waals surface area contributed by atoms with E-state index in [1.165, 1.54) is 5.56 Å². The molecule has 2 rings (SSSR count). The minimum Gasteiger partial charge on any atom is -0.497 e. The number of benzene rings is 2. The average molecular weight is 299 g/mol. The Balaban J connectivity index is 1.90. The molecule has 0 spiro atoms. The molecule has 2 N–H and O–H groups in total. The number of hydrogen-bond acceptors (Lipinski definition) is 3. The normalized spacial score (nSPS) is 10.4. The monoisotopic (exact) mass is 299 g/mol. The van der Waals surface area contributed by atoms with Crippen LogP contribution < -0.4 is 15.5 Å². The van der Waals surface area contributed by atoms with Gasteiger partial charge in [-0.1, -0.05) is 24.3 Å². The Morgan fingerprint density at radius 1 is 1.19 bits per heavy atom. The second kappa shape index (κ2) is 7.40. The van der Waals surface area contributed by atoms with Crippen molar-refractivity contribution < 1.29 is 4.74 Å². The summed E-state index contributed by atoms with van der Waals surface area (Å²) >= 11 is 5.18. The predicted octanol–water partition coefficient (Wildman–Crippen LogP) is 3.32. The van der Waals surface area contributed by atoms with Gasteiger partial charge >= 0.3 is 0 Å². The summed E-state index contributed by atoms with van der Waals surface area (Å²) in [7, 11) is 1.63. The molecule has 0 aliphatic carbocycles. The van der Waals surface area contributed by atoms with Gasteiger partial charge in [0, 0.05) is 5.69 Å². The fraction of sp³-hybridized carbons (Fsp3) is 0.125. The standard InChI is InChI=1S/C16H17N3OS/c1-12-5-3-7-14(9-12)18-16(21)19-17-11-13-6-4-8-15(10-13)20-2/h3-11H,1-2H3,(H2,18,19,21)/b17-11+. The van der Waals surface area contributed by atoms with E-state index in [0.29, 0.717) is 5.11 Å². The fourth-order valence-electron chi connectivity index (χ4n) is 1.77. The molecule has 5 heteroatoms. The van der Waals surface area contributed by atoms with E-state index >= 15 is 0 Å².